The molecule has 3 heterocycles. The van der Waals surface area contributed by atoms with Gasteiger partial charge in [0.25, 0.3) is 0 Å². The van der Waals surface area contributed by atoms with Crippen LogP contribution in [0.2, 0.25) is 0 Å². The van der Waals surface area contributed by atoms with Gasteiger partial charge in [0.05, 0.1) is 16.7 Å². The fourth-order valence-electron chi connectivity index (χ4n) is 8.89. The van der Waals surface area contributed by atoms with Gasteiger partial charge in [-0.1, -0.05) is 156 Å². The summed E-state index contributed by atoms with van der Waals surface area (Å²) in [6.45, 7) is 15.9. The van der Waals surface area contributed by atoms with Crippen molar-refractivity contribution in [1.29, 1.82) is 0 Å². The molecule has 0 saturated heterocycles. The molecular formula is C59H50N4Pt. The molecule has 7 aromatic carbocycles. The van der Waals surface area contributed by atoms with E-state index >= 15 is 0 Å². The van der Waals surface area contributed by atoms with E-state index < -0.39 is 0 Å². The third-order valence-corrected chi connectivity index (χ3v) is 12.3. The number of pyridine rings is 1. The average Bonchev–Trinajstić information content (AvgIpc) is 3.83. The van der Waals surface area contributed by atoms with Crippen molar-refractivity contribution in [2.45, 2.75) is 59.3 Å². The Kier molecular flexibility index (Phi) is 11.2. The van der Waals surface area contributed by atoms with Crippen molar-refractivity contribution in [3.05, 3.63) is 205 Å². The standard InChI is InChI=1S/C59H50N4.Pt/c1-39-55(49-31-29-46(59(5,6)7)38-54(49)62(39)47-25-15-10-16-26-47)57-61-56-48(43-23-17-24-44(35-43)51-36-42(33-34-60-51)40-19-11-8-12-20-40)27-18-28-53(56)63(57)52-32-30-45(58(2,3)4)37-50(52)41-21-13-9-14-22-41;/h8-30,32-34,36-38H,1-7H3;/q-2;+2. The van der Waals surface area contributed by atoms with E-state index in [0.29, 0.717) is 0 Å². The Morgan fingerprint density at radius 1 is 0.531 bits per heavy atom. The maximum atomic E-state index is 5.78. The van der Waals surface area contributed by atoms with Gasteiger partial charge in [-0.15, -0.1) is 59.0 Å². The second-order valence-corrected chi connectivity index (χ2v) is 18.6. The molecule has 0 atom stereocenters. The molecule has 64 heavy (non-hydrogen) atoms. The van der Waals surface area contributed by atoms with E-state index in [4.69, 9.17) is 9.97 Å². The predicted octanol–water partition coefficient (Wildman–Crippen LogP) is 15.2. The minimum absolute atomic E-state index is 0. The van der Waals surface area contributed by atoms with Crippen LogP contribution in [0.15, 0.2) is 176 Å². The first-order valence-electron chi connectivity index (χ1n) is 21.8. The second kappa shape index (κ2) is 16.8. The quantitative estimate of drug-likeness (QED) is 0.149. The van der Waals surface area contributed by atoms with Gasteiger partial charge in [-0.05, 0) is 93.2 Å². The molecule has 10 aromatic rings. The van der Waals surface area contributed by atoms with E-state index in [2.05, 4.69) is 234 Å². The fraction of sp³-hybridized carbons (Fsp3) is 0.153. The summed E-state index contributed by atoms with van der Waals surface area (Å²) in [6, 6.07) is 68.1. The van der Waals surface area contributed by atoms with Gasteiger partial charge >= 0.3 is 21.1 Å². The van der Waals surface area contributed by atoms with E-state index in [9.17, 15) is 0 Å². The molecule has 316 valence electrons. The van der Waals surface area contributed by atoms with Crippen LogP contribution in [0.3, 0.4) is 0 Å². The minimum Gasteiger partial charge on any atom is -0.363 e. The molecule has 0 spiro atoms. The first kappa shape index (κ1) is 42.7. The Morgan fingerprint density at radius 2 is 1.19 bits per heavy atom. The van der Waals surface area contributed by atoms with Crippen LogP contribution < -0.4 is 0 Å². The molecule has 0 N–H and O–H groups in total. The molecule has 0 fully saturated rings. The van der Waals surface area contributed by atoms with Gasteiger partial charge in [0, 0.05) is 23.1 Å². The molecule has 0 aliphatic rings. The van der Waals surface area contributed by atoms with Crippen LogP contribution in [0.4, 0.5) is 0 Å². The van der Waals surface area contributed by atoms with E-state index in [-0.39, 0.29) is 31.9 Å². The van der Waals surface area contributed by atoms with E-state index in [1.54, 1.807) is 0 Å². The number of hydrogen-bond donors (Lipinski definition) is 0. The first-order valence-corrected chi connectivity index (χ1v) is 21.8. The zero-order valence-electron chi connectivity index (χ0n) is 37.3. The number of nitrogens with zero attached hydrogens (tertiary/aromatic N) is 4. The van der Waals surface area contributed by atoms with Crippen LogP contribution in [0.25, 0.3) is 89.3 Å². The van der Waals surface area contributed by atoms with Crippen molar-refractivity contribution in [3.63, 3.8) is 0 Å². The third-order valence-electron chi connectivity index (χ3n) is 12.3. The summed E-state index contributed by atoms with van der Waals surface area (Å²) in [4.78, 5) is 10.6. The van der Waals surface area contributed by atoms with Gasteiger partial charge in [-0.2, -0.15) is 0 Å². The molecule has 0 saturated carbocycles. The first-order chi connectivity index (χ1) is 30.4. The van der Waals surface area contributed by atoms with Crippen molar-refractivity contribution >= 4 is 21.9 Å². The largest absolute Gasteiger partial charge is 2.00 e. The predicted molar refractivity (Wildman–Crippen MR) is 263 cm³/mol. The van der Waals surface area contributed by atoms with Crippen LogP contribution in [0, 0.1) is 19.1 Å². The van der Waals surface area contributed by atoms with Gasteiger partial charge in [-0.3, -0.25) is 4.98 Å². The van der Waals surface area contributed by atoms with E-state index in [1.807, 2.05) is 12.3 Å². The number of benzene rings is 7. The Balaban J connectivity index is 0.00000518. The Labute approximate surface area is 391 Å². The zero-order valence-corrected chi connectivity index (χ0v) is 39.6. The normalized spacial score (nSPS) is 11.9. The summed E-state index contributed by atoms with van der Waals surface area (Å²) in [5.74, 6) is 0.864. The Hall–Kier alpha value is -6.61. The Bertz CT molecular complexity index is 3290. The zero-order chi connectivity index (χ0) is 43.5. The monoisotopic (exact) mass is 1010 g/mol. The summed E-state index contributed by atoms with van der Waals surface area (Å²) in [7, 11) is 0. The van der Waals surface area contributed by atoms with E-state index in [1.165, 1.54) is 11.1 Å². The maximum Gasteiger partial charge on any atom is 2.00 e. The summed E-state index contributed by atoms with van der Waals surface area (Å²) in [5.41, 5.74) is 18.1. The summed E-state index contributed by atoms with van der Waals surface area (Å²) in [5, 5.41) is 1.04. The molecule has 3 aromatic heterocycles. The van der Waals surface area contributed by atoms with Crippen LogP contribution in [0.1, 0.15) is 58.4 Å². The third kappa shape index (κ3) is 7.75. The van der Waals surface area contributed by atoms with Crippen molar-refractivity contribution < 1.29 is 21.1 Å². The molecule has 5 heteroatoms. The van der Waals surface area contributed by atoms with Crippen molar-refractivity contribution in [1.82, 2.24) is 19.1 Å². The number of fused-ring (bicyclic) bond motifs is 2. The van der Waals surface area contributed by atoms with Crippen molar-refractivity contribution in [3.8, 4) is 67.4 Å². The van der Waals surface area contributed by atoms with Crippen LogP contribution in [-0.4, -0.2) is 19.1 Å². The number of para-hydroxylation sites is 2. The van der Waals surface area contributed by atoms with Crippen LogP contribution >= 0.6 is 0 Å². The van der Waals surface area contributed by atoms with Gasteiger partial charge in [-0.25, -0.2) is 4.98 Å². The number of imidazole rings is 1. The molecule has 0 aliphatic heterocycles. The second-order valence-electron chi connectivity index (χ2n) is 18.6. The van der Waals surface area contributed by atoms with Gasteiger partial charge in [0.15, 0.2) is 0 Å². The maximum absolute atomic E-state index is 5.78. The van der Waals surface area contributed by atoms with Gasteiger partial charge in [0.1, 0.15) is 5.82 Å². The van der Waals surface area contributed by atoms with Crippen LogP contribution in [0.5, 0.6) is 0 Å². The minimum atomic E-state index is -0.0601. The molecule has 10 rings (SSSR count). The molecule has 0 bridgehead atoms. The molecule has 0 radical (unpaired) electrons. The van der Waals surface area contributed by atoms with Crippen molar-refractivity contribution in [2.24, 2.45) is 0 Å². The van der Waals surface area contributed by atoms with Gasteiger partial charge < -0.3 is 9.13 Å². The number of rotatable bonds is 7. The van der Waals surface area contributed by atoms with E-state index in [0.717, 1.165) is 95.0 Å². The smallest absolute Gasteiger partial charge is 0.363 e. The molecule has 0 unspecified atom stereocenters. The molecule has 0 amide bonds. The fourth-order valence-corrected chi connectivity index (χ4v) is 8.89. The number of hydrogen-bond acceptors (Lipinski definition) is 2. The molecular weight excluding hydrogens is 960 g/mol. The molecule has 0 aliphatic carbocycles. The van der Waals surface area contributed by atoms with Crippen LogP contribution in [-0.2, 0) is 31.9 Å². The molecule has 4 nitrogen and oxygen atoms in total. The Morgan fingerprint density at radius 3 is 1.89 bits per heavy atom. The average molecular weight is 1010 g/mol. The summed E-state index contributed by atoms with van der Waals surface area (Å²) >= 11 is 0. The van der Waals surface area contributed by atoms with Crippen molar-refractivity contribution in [2.75, 3.05) is 0 Å². The summed E-state index contributed by atoms with van der Waals surface area (Å²) < 4.78 is 4.78. The number of aromatic nitrogens is 4. The van der Waals surface area contributed by atoms with Gasteiger partial charge in [0.2, 0.25) is 0 Å². The SMILES string of the molecule is Cc1c(-c2nc3c(-c4[c-]c(-c5cc(-c6ccccc6)ccn5)ccc4)cccc3n2-c2ccc(C(C)(C)C)cc2-c2ccccc2)c2[c-]cc(C(C)(C)C)cc2n1-c1ccccc1.[Pt+2]. The topological polar surface area (TPSA) is 35.6 Å². The summed E-state index contributed by atoms with van der Waals surface area (Å²) in [6.07, 6.45) is 1.89.